The van der Waals surface area contributed by atoms with Gasteiger partial charge in [-0.3, -0.25) is 4.98 Å². The molecule has 1 atom stereocenters. The van der Waals surface area contributed by atoms with E-state index in [4.69, 9.17) is 0 Å². The number of amides is 2. The van der Waals surface area contributed by atoms with Gasteiger partial charge in [-0.15, -0.1) is 0 Å². The minimum atomic E-state index is -3.24. The lowest BCUT2D eigenvalue weighted by molar-refractivity contribution is 0.177. The molecule has 7 nitrogen and oxygen atoms in total. The van der Waals surface area contributed by atoms with Gasteiger partial charge in [-0.25, -0.2) is 17.9 Å². The van der Waals surface area contributed by atoms with E-state index in [2.05, 4.69) is 15.0 Å². The van der Waals surface area contributed by atoms with Gasteiger partial charge in [0, 0.05) is 44.0 Å². The third-order valence-electron chi connectivity index (χ3n) is 3.47. The Balaban J connectivity index is 1.77. The highest BCUT2D eigenvalue weighted by Gasteiger charge is 2.25. The molecule has 0 bridgehead atoms. The minimum Gasteiger partial charge on any atom is -0.338 e. The molecular weight excluding hydrogens is 304 g/mol. The number of carbonyl (C=O) groups is 1. The molecule has 22 heavy (non-hydrogen) atoms. The summed E-state index contributed by atoms with van der Waals surface area (Å²) in [7, 11) is -3.24. The Morgan fingerprint density at radius 3 is 2.95 bits per heavy atom. The maximum Gasteiger partial charge on any atom is 0.317 e. The van der Waals surface area contributed by atoms with E-state index in [1.54, 1.807) is 11.1 Å². The lowest BCUT2D eigenvalue weighted by Crippen LogP contribution is -2.52. The van der Waals surface area contributed by atoms with Crippen molar-refractivity contribution >= 4 is 16.1 Å². The average molecular weight is 326 g/mol. The molecule has 1 aliphatic rings. The molecule has 2 amide bonds. The monoisotopic (exact) mass is 326 g/mol. The normalized spacial score (nSPS) is 19.0. The zero-order valence-electron chi connectivity index (χ0n) is 12.7. The first kappa shape index (κ1) is 16.7. The Kier molecular flexibility index (Phi) is 5.73. The molecule has 1 fully saturated rings. The SMILES string of the molecule is CS(=O)(=O)N[C@@H]1CCCN(C(=O)NCCc2ccccn2)C1. The fraction of sp³-hybridized carbons (Fsp3) is 0.571. The Morgan fingerprint density at radius 1 is 1.45 bits per heavy atom. The summed E-state index contributed by atoms with van der Waals surface area (Å²) in [4.78, 5) is 18.0. The Hall–Kier alpha value is -1.67. The molecule has 122 valence electrons. The van der Waals surface area contributed by atoms with Gasteiger partial charge in [0.15, 0.2) is 0 Å². The van der Waals surface area contributed by atoms with Crippen molar-refractivity contribution in [1.29, 1.82) is 0 Å². The van der Waals surface area contributed by atoms with E-state index >= 15 is 0 Å². The summed E-state index contributed by atoms with van der Waals surface area (Å²) in [6.07, 6.45) is 5.08. The van der Waals surface area contributed by atoms with Crippen LogP contribution >= 0.6 is 0 Å². The number of pyridine rings is 1. The molecule has 1 aliphatic heterocycles. The number of rotatable bonds is 5. The predicted molar refractivity (Wildman–Crippen MR) is 83.9 cm³/mol. The second kappa shape index (κ2) is 7.55. The van der Waals surface area contributed by atoms with E-state index in [9.17, 15) is 13.2 Å². The lowest BCUT2D eigenvalue weighted by Gasteiger charge is -2.32. The number of piperidine rings is 1. The Bertz CT molecular complexity index is 591. The van der Waals surface area contributed by atoms with Crippen molar-refractivity contribution in [3.05, 3.63) is 30.1 Å². The number of hydrogen-bond donors (Lipinski definition) is 2. The largest absolute Gasteiger partial charge is 0.338 e. The highest BCUT2D eigenvalue weighted by atomic mass is 32.2. The molecule has 0 aliphatic carbocycles. The van der Waals surface area contributed by atoms with E-state index in [0.29, 0.717) is 26.1 Å². The Morgan fingerprint density at radius 2 is 2.27 bits per heavy atom. The van der Waals surface area contributed by atoms with Crippen LogP contribution in [0.15, 0.2) is 24.4 Å². The highest BCUT2D eigenvalue weighted by Crippen LogP contribution is 2.10. The molecular formula is C14H22N4O3S. The maximum atomic E-state index is 12.1. The number of likely N-dealkylation sites (tertiary alicyclic amines) is 1. The average Bonchev–Trinajstić information content (AvgIpc) is 2.47. The molecule has 0 saturated carbocycles. The zero-order valence-corrected chi connectivity index (χ0v) is 13.5. The number of hydrogen-bond acceptors (Lipinski definition) is 4. The van der Waals surface area contributed by atoms with Crippen molar-refractivity contribution in [3.8, 4) is 0 Å². The maximum absolute atomic E-state index is 12.1. The van der Waals surface area contributed by atoms with E-state index in [1.807, 2.05) is 18.2 Å². The molecule has 2 rings (SSSR count). The number of carbonyl (C=O) groups excluding carboxylic acids is 1. The number of sulfonamides is 1. The third kappa shape index (κ3) is 5.61. The minimum absolute atomic E-state index is 0.157. The van der Waals surface area contributed by atoms with Crippen molar-refractivity contribution in [2.24, 2.45) is 0 Å². The fourth-order valence-corrected chi connectivity index (χ4v) is 3.31. The number of urea groups is 1. The predicted octanol–water partition coefficient (Wildman–Crippen LogP) is 0.347. The molecule has 0 unspecified atom stereocenters. The summed E-state index contributed by atoms with van der Waals surface area (Å²) < 4.78 is 25.1. The van der Waals surface area contributed by atoms with Crippen LogP contribution < -0.4 is 10.0 Å². The van der Waals surface area contributed by atoms with Crippen LogP contribution in [0, 0.1) is 0 Å². The van der Waals surface area contributed by atoms with Gasteiger partial charge >= 0.3 is 6.03 Å². The van der Waals surface area contributed by atoms with Crippen LogP contribution in [0.4, 0.5) is 4.79 Å². The second-order valence-corrected chi connectivity index (χ2v) is 7.26. The van der Waals surface area contributed by atoms with Crippen molar-refractivity contribution < 1.29 is 13.2 Å². The van der Waals surface area contributed by atoms with Crippen LogP contribution in [-0.2, 0) is 16.4 Å². The van der Waals surface area contributed by atoms with Crippen molar-refractivity contribution in [3.63, 3.8) is 0 Å². The van der Waals surface area contributed by atoms with E-state index in [-0.39, 0.29) is 12.1 Å². The van der Waals surface area contributed by atoms with Gasteiger partial charge in [0.1, 0.15) is 0 Å². The summed E-state index contributed by atoms with van der Waals surface area (Å²) in [6.45, 7) is 1.57. The molecule has 1 aromatic rings. The molecule has 2 N–H and O–H groups in total. The smallest absolute Gasteiger partial charge is 0.317 e. The van der Waals surface area contributed by atoms with E-state index in [0.717, 1.165) is 24.8 Å². The van der Waals surface area contributed by atoms with Gasteiger partial charge in [-0.05, 0) is 25.0 Å². The molecule has 0 spiro atoms. The second-order valence-electron chi connectivity index (χ2n) is 5.48. The first-order chi connectivity index (χ1) is 10.4. The van der Waals surface area contributed by atoms with Crippen LogP contribution in [0.25, 0.3) is 0 Å². The molecule has 8 heteroatoms. The van der Waals surface area contributed by atoms with Gasteiger partial charge < -0.3 is 10.2 Å². The molecule has 0 radical (unpaired) electrons. The summed E-state index contributed by atoms with van der Waals surface area (Å²) >= 11 is 0. The molecule has 1 aromatic heterocycles. The van der Waals surface area contributed by atoms with Crippen molar-refractivity contribution in [2.75, 3.05) is 25.9 Å². The summed E-state index contributed by atoms with van der Waals surface area (Å²) in [5, 5.41) is 2.85. The van der Waals surface area contributed by atoms with E-state index < -0.39 is 10.0 Å². The van der Waals surface area contributed by atoms with Gasteiger partial charge in [0.25, 0.3) is 0 Å². The van der Waals surface area contributed by atoms with Gasteiger partial charge in [0.2, 0.25) is 10.0 Å². The fourth-order valence-electron chi connectivity index (χ4n) is 2.52. The summed E-state index contributed by atoms with van der Waals surface area (Å²) in [5.74, 6) is 0. The molecule has 0 aromatic carbocycles. The quantitative estimate of drug-likeness (QED) is 0.817. The van der Waals surface area contributed by atoms with Gasteiger partial charge in [0.05, 0.1) is 6.26 Å². The van der Waals surface area contributed by atoms with Gasteiger partial charge in [-0.1, -0.05) is 6.07 Å². The molecule has 1 saturated heterocycles. The van der Waals surface area contributed by atoms with E-state index in [1.165, 1.54) is 0 Å². The summed E-state index contributed by atoms with van der Waals surface area (Å²) in [5.41, 5.74) is 0.929. The van der Waals surface area contributed by atoms with Crippen LogP contribution in [-0.4, -0.2) is 56.3 Å². The first-order valence-electron chi connectivity index (χ1n) is 7.34. The first-order valence-corrected chi connectivity index (χ1v) is 9.23. The standard InChI is InChI=1S/C14H22N4O3S/c1-22(20,21)17-13-6-4-10-18(11-13)14(19)16-9-7-12-5-2-3-8-15-12/h2-3,5,8,13,17H,4,6-7,9-11H2,1H3,(H,16,19)/t13-/m1/s1. The molecule has 2 heterocycles. The van der Waals surface area contributed by atoms with Crippen LogP contribution in [0.3, 0.4) is 0 Å². The topological polar surface area (TPSA) is 91.4 Å². The zero-order chi connectivity index (χ0) is 16.0. The number of aromatic nitrogens is 1. The van der Waals surface area contributed by atoms with Crippen LogP contribution in [0.2, 0.25) is 0 Å². The van der Waals surface area contributed by atoms with Crippen molar-refractivity contribution in [2.45, 2.75) is 25.3 Å². The lowest BCUT2D eigenvalue weighted by atomic mass is 10.1. The van der Waals surface area contributed by atoms with Crippen LogP contribution in [0.5, 0.6) is 0 Å². The van der Waals surface area contributed by atoms with Crippen LogP contribution in [0.1, 0.15) is 18.5 Å². The number of nitrogens with one attached hydrogen (secondary N) is 2. The summed E-state index contributed by atoms with van der Waals surface area (Å²) in [6, 6.07) is 5.32. The highest BCUT2D eigenvalue weighted by molar-refractivity contribution is 7.88. The Labute approximate surface area is 131 Å². The van der Waals surface area contributed by atoms with Gasteiger partial charge in [-0.2, -0.15) is 0 Å². The third-order valence-corrected chi connectivity index (χ3v) is 4.23. The van der Waals surface area contributed by atoms with Crippen molar-refractivity contribution in [1.82, 2.24) is 19.9 Å². The number of nitrogens with zero attached hydrogens (tertiary/aromatic N) is 2.